The standard InChI is InChI=1S/C12H23NO5/c1-4-18-12(15)5-9(14)6-13-7-10(16-2)11(8-13)17-3/h9-11,14H,4-8H2,1-3H3. The van der Waals surface area contributed by atoms with Gasteiger partial charge in [-0.05, 0) is 6.92 Å². The lowest BCUT2D eigenvalue weighted by molar-refractivity contribution is -0.145. The van der Waals surface area contributed by atoms with Crippen molar-refractivity contribution in [1.29, 1.82) is 0 Å². The Hall–Kier alpha value is -0.690. The third kappa shape index (κ3) is 4.53. The molecule has 0 bridgehead atoms. The van der Waals surface area contributed by atoms with Gasteiger partial charge in [0, 0.05) is 33.9 Å². The van der Waals surface area contributed by atoms with Crippen molar-refractivity contribution in [1.82, 2.24) is 4.90 Å². The van der Waals surface area contributed by atoms with Gasteiger partial charge in [-0.1, -0.05) is 0 Å². The lowest BCUT2D eigenvalue weighted by atomic mass is 10.2. The number of hydrogen-bond acceptors (Lipinski definition) is 6. The summed E-state index contributed by atoms with van der Waals surface area (Å²) in [6.07, 6.45) is -0.647. The molecule has 1 fully saturated rings. The van der Waals surface area contributed by atoms with Crippen LogP contribution in [0.2, 0.25) is 0 Å². The molecular formula is C12H23NO5. The van der Waals surface area contributed by atoms with Crippen LogP contribution < -0.4 is 0 Å². The average molecular weight is 261 g/mol. The number of β-amino-alcohol motifs (C(OH)–C–C–N with tert-alkyl or cyclic N) is 1. The molecule has 0 aromatic heterocycles. The Labute approximate surface area is 108 Å². The second kappa shape index (κ2) is 7.68. The quantitative estimate of drug-likeness (QED) is 0.632. The van der Waals surface area contributed by atoms with Crippen molar-refractivity contribution in [2.24, 2.45) is 0 Å². The smallest absolute Gasteiger partial charge is 0.308 e. The van der Waals surface area contributed by atoms with E-state index in [1.807, 2.05) is 4.90 Å². The number of aliphatic hydroxyl groups is 1. The van der Waals surface area contributed by atoms with Crippen LogP contribution in [0.3, 0.4) is 0 Å². The summed E-state index contributed by atoms with van der Waals surface area (Å²) in [7, 11) is 3.30. The van der Waals surface area contributed by atoms with Crippen LogP contribution in [0, 0.1) is 0 Å². The predicted molar refractivity (Wildman–Crippen MR) is 65.3 cm³/mol. The first-order chi connectivity index (χ1) is 8.60. The normalized spacial score (nSPS) is 26.2. The second-order valence-corrected chi connectivity index (χ2v) is 4.43. The highest BCUT2D eigenvalue weighted by atomic mass is 16.5. The molecule has 1 N–H and O–H groups in total. The van der Waals surface area contributed by atoms with Gasteiger partial charge in [0.25, 0.3) is 0 Å². The number of nitrogens with zero attached hydrogens (tertiary/aromatic N) is 1. The molecule has 0 spiro atoms. The van der Waals surface area contributed by atoms with E-state index in [9.17, 15) is 9.90 Å². The van der Waals surface area contributed by atoms with Gasteiger partial charge < -0.3 is 19.3 Å². The molecule has 0 saturated carbocycles. The zero-order valence-electron chi connectivity index (χ0n) is 11.3. The van der Waals surface area contributed by atoms with E-state index < -0.39 is 6.10 Å². The van der Waals surface area contributed by atoms with Gasteiger partial charge >= 0.3 is 5.97 Å². The van der Waals surface area contributed by atoms with E-state index in [4.69, 9.17) is 14.2 Å². The predicted octanol–water partition coefficient (Wildman–Crippen LogP) is -0.354. The fraction of sp³-hybridized carbons (Fsp3) is 0.917. The van der Waals surface area contributed by atoms with Gasteiger partial charge in [0.1, 0.15) is 0 Å². The lowest BCUT2D eigenvalue weighted by Gasteiger charge is -2.18. The number of likely N-dealkylation sites (tertiary alicyclic amines) is 1. The van der Waals surface area contributed by atoms with E-state index in [1.54, 1.807) is 21.1 Å². The Morgan fingerprint density at radius 3 is 2.33 bits per heavy atom. The highest BCUT2D eigenvalue weighted by Gasteiger charge is 2.33. The Balaban J connectivity index is 2.32. The number of hydrogen-bond donors (Lipinski definition) is 1. The highest BCUT2D eigenvalue weighted by molar-refractivity contribution is 5.69. The van der Waals surface area contributed by atoms with Crippen LogP contribution in [0.15, 0.2) is 0 Å². The summed E-state index contributed by atoms with van der Waals surface area (Å²) in [6.45, 7) is 3.92. The van der Waals surface area contributed by atoms with Crippen LogP contribution in [0.1, 0.15) is 13.3 Å². The Kier molecular flexibility index (Phi) is 6.56. The van der Waals surface area contributed by atoms with Gasteiger partial charge in [-0.15, -0.1) is 0 Å². The molecular weight excluding hydrogens is 238 g/mol. The average Bonchev–Trinajstić information content (AvgIpc) is 2.71. The number of methoxy groups -OCH3 is 2. The van der Waals surface area contributed by atoms with Gasteiger partial charge in [-0.3, -0.25) is 9.69 Å². The lowest BCUT2D eigenvalue weighted by Crippen LogP contribution is -2.33. The number of esters is 1. The molecule has 0 aromatic carbocycles. The Bertz CT molecular complexity index is 249. The van der Waals surface area contributed by atoms with Crippen molar-refractivity contribution in [3.8, 4) is 0 Å². The van der Waals surface area contributed by atoms with Crippen LogP contribution in [0.4, 0.5) is 0 Å². The first-order valence-electron chi connectivity index (χ1n) is 6.22. The molecule has 1 rings (SSSR count). The molecule has 6 heteroatoms. The van der Waals surface area contributed by atoms with Crippen LogP contribution >= 0.6 is 0 Å². The third-order valence-corrected chi connectivity index (χ3v) is 3.07. The summed E-state index contributed by atoms with van der Waals surface area (Å²) in [5.41, 5.74) is 0. The van der Waals surface area contributed by atoms with Crippen molar-refractivity contribution in [2.75, 3.05) is 40.5 Å². The third-order valence-electron chi connectivity index (χ3n) is 3.07. The molecule has 3 unspecified atom stereocenters. The maximum Gasteiger partial charge on any atom is 0.308 e. The minimum Gasteiger partial charge on any atom is -0.466 e. The van der Waals surface area contributed by atoms with Crippen molar-refractivity contribution in [2.45, 2.75) is 31.7 Å². The van der Waals surface area contributed by atoms with Crippen molar-refractivity contribution >= 4 is 5.97 Å². The van der Waals surface area contributed by atoms with Crippen molar-refractivity contribution in [3.63, 3.8) is 0 Å². The molecule has 0 amide bonds. The summed E-state index contributed by atoms with van der Waals surface area (Å²) in [4.78, 5) is 13.3. The van der Waals surface area contributed by atoms with E-state index in [0.717, 1.165) is 0 Å². The molecule has 6 nitrogen and oxygen atoms in total. The van der Waals surface area contributed by atoms with Crippen LogP contribution in [-0.4, -0.2) is 74.7 Å². The highest BCUT2D eigenvalue weighted by Crippen LogP contribution is 2.16. The summed E-state index contributed by atoms with van der Waals surface area (Å²) in [5.74, 6) is -0.365. The number of rotatable bonds is 7. The van der Waals surface area contributed by atoms with Crippen LogP contribution in [-0.2, 0) is 19.0 Å². The molecule has 1 aliphatic heterocycles. The van der Waals surface area contributed by atoms with E-state index >= 15 is 0 Å². The summed E-state index contributed by atoms with van der Waals surface area (Å²) < 4.78 is 15.4. The minimum absolute atomic E-state index is 0.0183. The van der Waals surface area contributed by atoms with E-state index in [2.05, 4.69) is 0 Å². The molecule has 0 aliphatic carbocycles. The van der Waals surface area contributed by atoms with E-state index in [-0.39, 0.29) is 24.6 Å². The molecule has 3 atom stereocenters. The Morgan fingerprint density at radius 1 is 1.33 bits per heavy atom. The van der Waals surface area contributed by atoms with Gasteiger partial charge in [0.2, 0.25) is 0 Å². The van der Waals surface area contributed by atoms with Crippen molar-refractivity contribution in [3.05, 3.63) is 0 Å². The van der Waals surface area contributed by atoms with E-state index in [1.165, 1.54) is 0 Å². The number of aliphatic hydroxyl groups excluding tert-OH is 1. The molecule has 18 heavy (non-hydrogen) atoms. The summed E-state index contributed by atoms with van der Waals surface area (Å²) >= 11 is 0. The first kappa shape index (κ1) is 15.4. The van der Waals surface area contributed by atoms with Gasteiger partial charge in [0.05, 0.1) is 31.3 Å². The molecule has 1 saturated heterocycles. The maximum atomic E-state index is 11.2. The monoisotopic (exact) mass is 261 g/mol. The largest absolute Gasteiger partial charge is 0.466 e. The fourth-order valence-electron chi connectivity index (χ4n) is 2.20. The molecule has 0 aromatic rings. The molecule has 0 radical (unpaired) electrons. The molecule has 1 aliphatic rings. The zero-order valence-corrected chi connectivity index (χ0v) is 11.3. The molecule has 106 valence electrons. The summed E-state index contributed by atoms with van der Waals surface area (Å²) in [5, 5.41) is 9.80. The number of ether oxygens (including phenoxy) is 3. The maximum absolute atomic E-state index is 11.2. The van der Waals surface area contributed by atoms with E-state index in [0.29, 0.717) is 26.2 Å². The SMILES string of the molecule is CCOC(=O)CC(O)CN1CC(OC)C(OC)C1. The first-order valence-corrected chi connectivity index (χ1v) is 6.22. The van der Waals surface area contributed by atoms with Crippen LogP contribution in [0.5, 0.6) is 0 Å². The Morgan fingerprint density at radius 2 is 1.89 bits per heavy atom. The topological polar surface area (TPSA) is 68.2 Å². The van der Waals surface area contributed by atoms with Gasteiger partial charge in [-0.2, -0.15) is 0 Å². The minimum atomic E-state index is -0.711. The number of carbonyl (C=O) groups excluding carboxylic acids is 1. The molecule has 1 heterocycles. The van der Waals surface area contributed by atoms with Gasteiger partial charge in [0.15, 0.2) is 0 Å². The second-order valence-electron chi connectivity index (χ2n) is 4.43. The number of carbonyl (C=O) groups is 1. The zero-order chi connectivity index (χ0) is 13.5. The van der Waals surface area contributed by atoms with Crippen molar-refractivity contribution < 1.29 is 24.1 Å². The summed E-state index contributed by atoms with van der Waals surface area (Å²) in [6, 6.07) is 0. The van der Waals surface area contributed by atoms with Gasteiger partial charge in [-0.25, -0.2) is 0 Å². The fourth-order valence-corrected chi connectivity index (χ4v) is 2.20. The van der Waals surface area contributed by atoms with Crippen LogP contribution in [0.25, 0.3) is 0 Å².